The van der Waals surface area contributed by atoms with E-state index >= 15 is 0 Å². The van der Waals surface area contributed by atoms with Gasteiger partial charge in [-0.1, -0.05) is 43.0 Å². The van der Waals surface area contributed by atoms with Crippen molar-refractivity contribution in [3.63, 3.8) is 0 Å². The smallest absolute Gasteiger partial charge is 0.282 e. The number of fused-ring (bicyclic) bond motifs is 1. The molecule has 3 aromatic rings. The van der Waals surface area contributed by atoms with Gasteiger partial charge in [0.2, 0.25) is 0 Å². The molecule has 1 amide bonds. The zero-order valence-corrected chi connectivity index (χ0v) is 19.0. The summed E-state index contributed by atoms with van der Waals surface area (Å²) in [7, 11) is 1.46. The van der Waals surface area contributed by atoms with Crippen LogP contribution in [-0.4, -0.2) is 35.5 Å². The van der Waals surface area contributed by atoms with E-state index in [0.29, 0.717) is 33.1 Å². The predicted octanol–water partition coefficient (Wildman–Crippen LogP) is 3.85. The summed E-state index contributed by atoms with van der Waals surface area (Å²) in [6.45, 7) is -0.344. The second kappa shape index (κ2) is 10.0. The molecule has 4 rings (SSSR count). The lowest BCUT2D eigenvalue weighted by Gasteiger charge is -2.22. The number of carbonyl (C=O) groups excluding carboxylic acids is 1. The zero-order chi connectivity index (χ0) is 23.4. The first-order valence-corrected chi connectivity index (χ1v) is 11.2. The molecule has 1 aliphatic rings. The molecule has 0 saturated heterocycles. The van der Waals surface area contributed by atoms with Gasteiger partial charge >= 0.3 is 0 Å². The minimum atomic E-state index is -0.635. The van der Waals surface area contributed by atoms with Gasteiger partial charge in [0.1, 0.15) is 5.82 Å². The topological polar surface area (TPSA) is 109 Å². The number of para-hydroxylation sites is 1. The van der Waals surface area contributed by atoms with Crippen LogP contribution in [0.2, 0.25) is 5.02 Å². The first-order valence-electron chi connectivity index (χ1n) is 10.8. The van der Waals surface area contributed by atoms with E-state index in [4.69, 9.17) is 31.8 Å². The fraction of sp³-hybridized carbons (Fsp3) is 0.333. The van der Waals surface area contributed by atoms with Crippen molar-refractivity contribution in [3.05, 3.63) is 63.2 Å². The van der Waals surface area contributed by atoms with Crippen LogP contribution >= 0.6 is 11.6 Å². The average molecular weight is 469 g/mol. The van der Waals surface area contributed by atoms with Crippen LogP contribution in [0.1, 0.15) is 49.4 Å². The van der Waals surface area contributed by atoms with Gasteiger partial charge < -0.3 is 15.2 Å². The molecule has 0 unspecified atom stereocenters. The Morgan fingerprint density at radius 1 is 1.27 bits per heavy atom. The lowest BCUT2D eigenvalue weighted by Crippen LogP contribution is -2.25. The number of hydrogen-bond acceptors (Lipinski definition) is 6. The number of methoxy groups -OCH3 is 1. The van der Waals surface area contributed by atoms with Crippen molar-refractivity contribution in [2.45, 2.75) is 38.0 Å². The van der Waals surface area contributed by atoms with Gasteiger partial charge in [0, 0.05) is 22.6 Å². The SMILES string of the molecule is COc1cc(Cl)cc(C=Nn2c(C3CCCCC3)nc3ccccc3c2=O)c1OCC(N)=O. The summed E-state index contributed by atoms with van der Waals surface area (Å²) >= 11 is 6.24. The fourth-order valence-corrected chi connectivity index (χ4v) is 4.35. The molecular formula is C24H25ClN4O4. The highest BCUT2D eigenvalue weighted by atomic mass is 35.5. The van der Waals surface area contributed by atoms with Gasteiger partial charge in [-0.15, -0.1) is 0 Å². The van der Waals surface area contributed by atoms with Crippen molar-refractivity contribution >= 4 is 34.6 Å². The highest BCUT2D eigenvalue weighted by molar-refractivity contribution is 6.31. The molecule has 1 fully saturated rings. The average Bonchev–Trinajstić information content (AvgIpc) is 2.82. The Hall–Kier alpha value is -3.39. The number of rotatable bonds is 7. The van der Waals surface area contributed by atoms with Gasteiger partial charge in [-0.2, -0.15) is 9.78 Å². The summed E-state index contributed by atoms with van der Waals surface area (Å²) in [5.74, 6) is 0.729. The number of aromatic nitrogens is 2. The number of carbonyl (C=O) groups is 1. The van der Waals surface area contributed by atoms with E-state index in [2.05, 4.69) is 5.10 Å². The number of nitrogens with zero attached hydrogens (tertiary/aromatic N) is 3. The highest BCUT2D eigenvalue weighted by Gasteiger charge is 2.22. The van der Waals surface area contributed by atoms with Crippen molar-refractivity contribution in [3.8, 4) is 11.5 Å². The Bertz CT molecular complexity index is 1270. The molecule has 1 saturated carbocycles. The van der Waals surface area contributed by atoms with Gasteiger partial charge in [0.25, 0.3) is 11.5 Å². The summed E-state index contributed by atoms with van der Waals surface area (Å²) < 4.78 is 12.3. The first kappa shape index (κ1) is 22.8. The summed E-state index contributed by atoms with van der Waals surface area (Å²) in [4.78, 5) is 29.4. The summed E-state index contributed by atoms with van der Waals surface area (Å²) in [6, 6.07) is 10.4. The Morgan fingerprint density at radius 3 is 2.76 bits per heavy atom. The Kier molecular flexibility index (Phi) is 6.93. The number of halogens is 1. The van der Waals surface area contributed by atoms with Gasteiger partial charge in [-0.05, 0) is 31.0 Å². The number of ether oxygens (including phenoxy) is 2. The molecular weight excluding hydrogens is 444 g/mol. The van der Waals surface area contributed by atoms with Gasteiger partial charge in [0.15, 0.2) is 18.1 Å². The number of hydrogen-bond donors (Lipinski definition) is 1. The summed E-state index contributed by atoms with van der Waals surface area (Å²) in [6.07, 6.45) is 6.74. The van der Waals surface area contributed by atoms with Crippen LogP contribution < -0.4 is 20.8 Å². The third-order valence-electron chi connectivity index (χ3n) is 5.69. The van der Waals surface area contributed by atoms with Gasteiger partial charge in [-0.3, -0.25) is 9.59 Å². The highest BCUT2D eigenvalue weighted by Crippen LogP contribution is 2.34. The van der Waals surface area contributed by atoms with Crippen LogP contribution in [0.4, 0.5) is 0 Å². The molecule has 172 valence electrons. The van der Waals surface area contributed by atoms with E-state index in [1.807, 2.05) is 12.1 Å². The summed E-state index contributed by atoms with van der Waals surface area (Å²) in [5.41, 5.74) is 6.09. The molecule has 33 heavy (non-hydrogen) atoms. The lowest BCUT2D eigenvalue weighted by atomic mass is 9.88. The predicted molar refractivity (Wildman–Crippen MR) is 128 cm³/mol. The molecule has 9 heteroatoms. The molecule has 0 bridgehead atoms. The van der Waals surface area contributed by atoms with Crippen LogP contribution in [0, 0.1) is 0 Å². The molecule has 8 nitrogen and oxygen atoms in total. The van der Waals surface area contributed by atoms with Gasteiger partial charge in [-0.25, -0.2) is 4.98 Å². The fourth-order valence-electron chi connectivity index (χ4n) is 4.13. The van der Waals surface area contributed by atoms with E-state index in [0.717, 1.165) is 25.7 Å². The standard InChI is InChI=1S/C24H25ClN4O4/c1-32-20-12-17(25)11-16(22(20)33-14-21(26)30)13-27-29-23(15-7-3-2-4-8-15)28-19-10-6-5-9-18(19)24(29)31/h5-6,9-13,15H,2-4,7-8,14H2,1H3,(H2,26,30). The second-order valence-electron chi connectivity index (χ2n) is 7.96. The number of nitrogens with two attached hydrogens (primary N) is 1. The Labute approximate surface area is 196 Å². The van der Waals surface area contributed by atoms with Crippen molar-refractivity contribution in [1.82, 2.24) is 9.66 Å². The van der Waals surface area contributed by atoms with Crippen LogP contribution in [0.15, 0.2) is 46.3 Å². The van der Waals surface area contributed by atoms with Crippen molar-refractivity contribution in [2.24, 2.45) is 10.8 Å². The van der Waals surface area contributed by atoms with E-state index in [1.54, 1.807) is 24.3 Å². The number of benzene rings is 2. The maximum atomic E-state index is 13.4. The van der Waals surface area contributed by atoms with Crippen LogP contribution in [-0.2, 0) is 4.79 Å². The normalized spacial score (nSPS) is 14.6. The number of amides is 1. The quantitative estimate of drug-likeness (QED) is 0.529. The Morgan fingerprint density at radius 2 is 2.03 bits per heavy atom. The molecule has 1 aliphatic carbocycles. The second-order valence-corrected chi connectivity index (χ2v) is 8.40. The van der Waals surface area contributed by atoms with E-state index < -0.39 is 5.91 Å². The van der Waals surface area contributed by atoms with E-state index in [9.17, 15) is 9.59 Å². The summed E-state index contributed by atoms with van der Waals surface area (Å²) in [5, 5.41) is 5.39. The first-order chi connectivity index (χ1) is 16.0. The van der Waals surface area contributed by atoms with Crippen LogP contribution in [0.25, 0.3) is 10.9 Å². The Balaban J connectivity index is 1.84. The van der Waals surface area contributed by atoms with Gasteiger partial charge in [0.05, 0.1) is 24.2 Å². The number of primary amides is 1. The van der Waals surface area contributed by atoms with Crippen molar-refractivity contribution in [2.75, 3.05) is 13.7 Å². The minimum absolute atomic E-state index is 0.146. The molecule has 1 heterocycles. The zero-order valence-electron chi connectivity index (χ0n) is 18.3. The lowest BCUT2D eigenvalue weighted by molar-refractivity contribution is -0.119. The molecule has 2 aromatic carbocycles. The van der Waals surface area contributed by atoms with Crippen LogP contribution in [0.3, 0.4) is 0 Å². The third kappa shape index (κ3) is 5.01. The van der Waals surface area contributed by atoms with E-state index in [1.165, 1.54) is 24.4 Å². The molecule has 0 spiro atoms. The molecule has 0 radical (unpaired) electrons. The maximum absolute atomic E-state index is 13.4. The van der Waals surface area contributed by atoms with E-state index in [-0.39, 0.29) is 23.8 Å². The largest absolute Gasteiger partial charge is 0.493 e. The molecule has 0 aliphatic heterocycles. The van der Waals surface area contributed by atoms with Crippen molar-refractivity contribution in [1.29, 1.82) is 0 Å². The molecule has 0 atom stereocenters. The van der Waals surface area contributed by atoms with Crippen LogP contribution in [0.5, 0.6) is 11.5 Å². The molecule has 1 aromatic heterocycles. The monoisotopic (exact) mass is 468 g/mol. The third-order valence-corrected chi connectivity index (χ3v) is 5.91. The van der Waals surface area contributed by atoms with Crippen molar-refractivity contribution < 1.29 is 14.3 Å². The maximum Gasteiger partial charge on any atom is 0.282 e. The molecule has 2 N–H and O–H groups in total. The minimum Gasteiger partial charge on any atom is -0.493 e.